The maximum absolute atomic E-state index is 12.9. The zero-order chi connectivity index (χ0) is 17.6. The molecule has 0 saturated heterocycles. The van der Waals surface area contributed by atoms with Gasteiger partial charge in [0.25, 0.3) is 5.56 Å². The van der Waals surface area contributed by atoms with E-state index in [1.807, 2.05) is 41.0 Å². The summed E-state index contributed by atoms with van der Waals surface area (Å²) in [5.74, 6) is 0.875. The van der Waals surface area contributed by atoms with Crippen molar-refractivity contribution in [2.24, 2.45) is 5.41 Å². The molecule has 4 heteroatoms. The van der Waals surface area contributed by atoms with Crippen molar-refractivity contribution in [1.82, 2.24) is 9.55 Å². The molecule has 2 heterocycles. The predicted octanol–water partition coefficient (Wildman–Crippen LogP) is 3.91. The van der Waals surface area contributed by atoms with Gasteiger partial charge in [0.2, 0.25) is 0 Å². The molecule has 0 bridgehead atoms. The van der Waals surface area contributed by atoms with Crippen molar-refractivity contribution in [1.29, 1.82) is 5.26 Å². The third-order valence-corrected chi connectivity index (χ3v) is 4.97. The Morgan fingerprint density at radius 3 is 2.76 bits per heavy atom. The SMILES string of the molecule is CC1(C)CCc2nc3cc(-c4cccc(C#N)c4)ccc3c(=O)n2C1. The first-order valence-electron chi connectivity index (χ1n) is 8.51. The van der Waals surface area contributed by atoms with E-state index in [-0.39, 0.29) is 11.0 Å². The van der Waals surface area contributed by atoms with E-state index >= 15 is 0 Å². The van der Waals surface area contributed by atoms with E-state index in [1.54, 1.807) is 6.07 Å². The van der Waals surface area contributed by atoms with Crippen molar-refractivity contribution < 1.29 is 0 Å². The average molecular weight is 329 g/mol. The number of rotatable bonds is 1. The zero-order valence-electron chi connectivity index (χ0n) is 14.4. The third-order valence-electron chi connectivity index (χ3n) is 4.97. The van der Waals surface area contributed by atoms with Crippen LogP contribution in [-0.2, 0) is 13.0 Å². The molecule has 3 aromatic rings. The number of benzene rings is 2. The average Bonchev–Trinajstić information content (AvgIpc) is 2.62. The van der Waals surface area contributed by atoms with Gasteiger partial charge in [0.15, 0.2) is 0 Å². The van der Waals surface area contributed by atoms with Crippen molar-refractivity contribution in [2.45, 2.75) is 33.2 Å². The van der Waals surface area contributed by atoms with Crippen molar-refractivity contribution >= 4 is 10.9 Å². The molecule has 0 saturated carbocycles. The summed E-state index contributed by atoms with van der Waals surface area (Å²) < 4.78 is 1.84. The molecule has 0 unspecified atom stereocenters. The van der Waals surface area contributed by atoms with Crippen LogP contribution >= 0.6 is 0 Å². The van der Waals surface area contributed by atoms with Crippen molar-refractivity contribution in [3.8, 4) is 17.2 Å². The van der Waals surface area contributed by atoms with Crippen LogP contribution in [0.5, 0.6) is 0 Å². The van der Waals surface area contributed by atoms with E-state index in [2.05, 4.69) is 19.9 Å². The van der Waals surface area contributed by atoms with Gasteiger partial charge in [0, 0.05) is 13.0 Å². The van der Waals surface area contributed by atoms with Gasteiger partial charge in [-0.3, -0.25) is 9.36 Å². The lowest BCUT2D eigenvalue weighted by Gasteiger charge is -2.31. The van der Waals surface area contributed by atoms with Crippen LogP contribution in [0.3, 0.4) is 0 Å². The maximum atomic E-state index is 12.9. The van der Waals surface area contributed by atoms with Gasteiger partial charge in [0.05, 0.1) is 22.5 Å². The van der Waals surface area contributed by atoms with Gasteiger partial charge >= 0.3 is 0 Å². The molecule has 4 rings (SSSR count). The van der Waals surface area contributed by atoms with E-state index in [9.17, 15) is 4.79 Å². The molecule has 0 radical (unpaired) electrons. The molecule has 2 aromatic carbocycles. The molecule has 1 aliphatic heterocycles. The Labute approximate surface area is 146 Å². The molecule has 0 atom stereocenters. The van der Waals surface area contributed by atoms with Crippen LogP contribution in [0.15, 0.2) is 47.3 Å². The second kappa shape index (κ2) is 5.56. The molecule has 1 aliphatic rings. The quantitative estimate of drug-likeness (QED) is 0.680. The van der Waals surface area contributed by atoms with Crippen LogP contribution in [0.25, 0.3) is 22.0 Å². The van der Waals surface area contributed by atoms with E-state index in [4.69, 9.17) is 10.2 Å². The van der Waals surface area contributed by atoms with E-state index in [1.165, 1.54) is 0 Å². The lowest BCUT2D eigenvalue weighted by Crippen LogP contribution is -2.36. The first kappa shape index (κ1) is 15.6. The van der Waals surface area contributed by atoms with Gasteiger partial charge in [-0.2, -0.15) is 5.26 Å². The van der Waals surface area contributed by atoms with Gasteiger partial charge in [0.1, 0.15) is 5.82 Å². The van der Waals surface area contributed by atoms with E-state index < -0.39 is 0 Å². The normalized spacial score (nSPS) is 15.6. The van der Waals surface area contributed by atoms with Gasteiger partial charge in [-0.15, -0.1) is 0 Å². The summed E-state index contributed by atoms with van der Waals surface area (Å²) in [5, 5.41) is 9.74. The summed E-state index contributed by atoms with van der Waals surface area (Å²) in [6.07, 6.45) is 1.86. The number of aryl methyl sites for hydroxylation is 1. The highest BCUT2D eigenvalue weighted by atomic mass is 16.1. The fourth-order valence-corrected chi connectivity index (χ4v) is 3.53. The Kier molecular flexibility index (Phi) is 3.47. The van der Waals surface area contributed by atoms with Crippen LogP contribution in [-0.4, -0.2) is 9.55 Å². The Morgan fingerprint density at radius 1 is 1.16 bits per heavy atom. The largest absolute Gasteiger partial charge is 0.296 e. The third kappa shape index (κ3) is 2.72. The first-order chi connectivity index (χ1) is 12.0. The smallest absolute Gasteiger partial charge is 0.261 e. The molecule has 1 aromatic heterocycles. The minimum Gasteiger partial charge on any atom is -0.296 e. The second-order valence-corrected chi connectivity index (χ2v) is 7.51. The molecule has 25 heavy (non-hydrogen) atoms. The second-order valence-electron chi connectivity index (χ2n) is 7.51. The molecule has 124 valence electrons. The topological polar surface area (TPSA) is 58.7 Å². The first-order valence-corrected chi connectivity index (χ1v) is 8.51. The highest BCUT2D eigenvalue weighted by Crippen LogP contribution is 2.30. The maximum Gasteiger partial charge on any atom is 0.261 e. The van der Waals surface area contributed by atoms with Crippen LogP contribution in [0, 0.1) is 16.7 Å². The number of hydrogen-bond acceptors (Lipinski definition) is 3. The summed E-state index contributed by atoms with van der Waals surface area (Å²) in [4.78, 5) is 17.7. The van der Waals surface area contributed by atoms with E-state index in [0.29, 0.717) is 10.9 Å². The minimum atomic E-state index is 0.0464. The van der Waals surface area contributed by atoms with Gasteiger partial charge < -0.3 is 0 Å². The number of nitrogens with zero attached hydrogens (tertiary/aromatic N) is 3. The number of aromatic nitrogens is 2. The number of fused-ring (bicyclic) bond motifs is 2. The number of hydrogen-bond donors (Lipinski definition) is 0. The summed E-state index contributed by atoms with van der Waals surface area (Å²) in [6, 6.07) is 15.4. The highest BCUT2D eigenvalue weighted by Gasteiger charge is 2.27. The predicted molar refractivity (Wildman–Crippen MR) is 98.3 cm³/mol. The summed E-state index contributed by atoms with van der Waals surface area (Å²) >= 11 is 0. The fraction of sp³-hybridized carbons (Fsp3) is 0.286. The summed E-state index contributed by atoms with van der Waals surface area (Å²) in [5.41, 5.74) is 3.46. The van der Waals surface area contributed by atoms with Gasteiger partial charge in [-0.05, 0) is 47.2 Å². The van der Waals surface area contributed by atoms with Crippen LogP contribution in [0.2, 0.25) is 0 Å². The molecular weight excluding hydrogens is 310 g/mol. The highest BCUT2D eigenvalue weighted by molar-refractivity contribution is 5.83. The molecule has 0 amide bonds. The standard InChI is InChI=1S/C21H19N3O/c1-21(2)9-8-19-23-18-11-16(15-5-3-4-14(10-15)12-22)6-7-17(18)20(25)24(19)13-21/h3-7,10-11H,8-9,13H2,1-2H3. The zero-order valence-corrected chi connectivity index (χ0v) is 14.4. The summed E-state index contributed by atoms with van der Waals surface area (Å²) in [6.45, 7) is 5.10. The molecule has 0 N–H and O–H groups in total. The van der Waals surface area contributed by atoms with Crippen molar-refractivity contribution in [3.05, 3.63) is 64.2 Å². The van der Waals surface area contributed by atoms with Crippen LogP contribution in [0.4, 0.5) is 0 Å². The van der Waals surface area contributed by atoms with Crippen molar-refractivity contribution in [2.75, 3.05) is 0 Å². The lowest BCUT2D eigenvalue weighted by molar-refractivity contribution is 0.240. The summed E-state index contributed by atoms with van der Waals surface area (Å²) in [7, 11) is 0. The molecule has 0 aliphatic carbocycles. The van der Waals surface area contributed by atoms with Gasteiger partial charge in [-0.25, -0.2) is 4.98 Å². The number of nitriles is 1. The Balaban J connectivity index is 1.88. The Morgan fingerprint density at radius 2 is 1.96 bits per heavy atom. The monoisotopic (exact) mass is 329 g/mol. The fourth-order valence-electron chi connectivity index (χ4n) is 3.53. The minimum absolute atomic E-state index is 0.0464. The van der Waals surface area contributed by atoms with Gasteiger partial charge in [-0.1, -0.05) is 32.0 Å². The molecule has 0 fully saturated rings. The Hall–Kier alpha value is -2.93. The Bertz CT molecular complexity index is 1090. The molecule has 4 nitrogen and oxygen atoms in total. The van der Waals surface area contributed by atoms with Crippen LogP contribution in [0.1, 0.15) is 31.7 Å². The molecular formula is C21H19N3O. The van der Waals surface area contributed by atoms with E-state index in [0.717, 1.165) is 41.9 Å². The van der Waals surface area contributed by atoms with Crippen LogP contribution < -0.4 is 5.56 Å². The van der Waals surface area contributed by atoms with Crippen molar-refractivity contribution in [3.63, 3.8) is 0 Å². The molecule has 0 spiro atoms. The lowest BCUT2D eigenvalue weighted by atomic mass is 9.85.